The molecule has 0 saturated heterocycles. The smallest absolute Gasteiger partial charge is 0.323 e. The lowest BCUT2D eigenvalue weighted by Gasteiger charge is -2.11. The Morgan fingerprint density at radius 3 is 2.71 bits per heavy atom. The molecule has 1 N–H and O–H groups in total. The predicted molar refractivity (Wildman–Crippen MR) is 45.8 cm³/mol. The highest BCUT2D eigenvalue weighted by Crippen LogP contribution is 2.05. The highest BCUT2D eigenvalue weighted by molar-refractivity contribution is 5.93. The van der Waals surface area contributed by atoms with Crippen LogP contribution in [0.15, 0.2) is 10.6 Å². The largest absolute Gasteiger partial charge is 0.480 e. The van der Waals surface area contributed by atoms with Crippen LogP contribution in [0.5, 0.6) is 0 Å². The molecular formula is C8H10N2O4. The lowest BCUT2D eigenvalue weighted by Crippen LogP contribution is -2.31. The zero-order valence-corrected chi connectivity index (χ0v) is 7.85. The van der Waals surface area contributed by atoms with Crippen LogP contribution >= 0.6 is 0 Å². The normalized spacial score (nSPS) is 9.86. The third kappa shape index (κ3) is 2.32. The summed E-state index contributed by atoms with van der Waals surface area (Å²) in [6.45, 7) is 1.32. The summed E-state index contributed by atoms with van der Waals surface area (Å²) in [5, 5.41) is 12.0. The van der Waals surface area contributed by atoms with Crippen molar-refractivity contribution < 1.29 is 19.2 Å². The molecule has 0 fully saturated rings. The highest BCUT2D eigenvalue weighted by Gasteiger charge is 2.18. The first-order valence-electron chi connectivity index (χ1n) is 3.91. The van der Waals surface area contributed by atoms with E-state index < -0.39 is 11.9 Å². The van der Waals surface area contributed by atoms with Gasteiger partial charge in [-0.25, -0.2) is 0 Å². The second-order valence-electron chi connectivity index (χ2n) is 2.89. The summed E-state index contributed by atoms with van der Waals surface area (Å²) in [7, 11) is 1.38. The zero-order chi connectivity index (χ0) is 10.7. The minimum Gasteiger partial charge on any atom is -0.480 e. The topological polar surface area (TPSA) is 83.6 Å². The SMILES string of the molecule is Cc1cc(C(=O)N(C)CC(=O)O)on1. The molecule has 1 aromatic rings. The molecule has 0 unspecified atom stereocenters. The second-order valence-corrected chi connectivity index (χ2v) is 2.89. The molecule has 6 heteroatoms. The van der Waals surface area contributed by atoms with E-state index >= 15 is 0 Å². The first kappa shape index (κ1) is 10.2. The number of carbonyl (C=O) groups is 2. The van der Waals surface area contributed by atoms with Gasteiger partial charge in [0.25, 0.3) is 5.91 Å². The number of carboxylic acids is 1. The van der Waals surface area contributed by atoms with Gasteiger partial charge in [0.15, 0.2) is 0 Å². The average molecular weight is 198 g/mol. The maximum atomic E-state index is 11.4. The molecule has 0 saturated carbocycles. The molecule has 6 nitrogen and oxygen atoms in total. The fraction of sp³-hybridized carbons (Fsp3) is 0.375. The molecule has 0 spiro atoms. The minimum atomic E-state index is -1.07. The molecular weight excluding hydrogens is 188 g/mol. The van der Waals surface area contributed by atoms with E-state index in [0.717, 1.165) is 4.90 Å². The molecule has 14 heavy (non-hydrogen) atoms. The van der Waals surface area contributed by atoms with Gasteiger partial charge in [-0.2, -0.15) is 0 Å². The van der Waals surface area contributed by atoms with Crippen LogP contribution in [-0.4, -0.2) is 40.6 Å². The number of hydrogen-bond donors (Lipinski definition) is 1. The molecule has 0 radical (unpaired) electrons. The van der Waals surface area contributed by atoms with Crippen molar-refractivity contribution in [2.45, 2.75) is 6.92 Å². The van der Waals surface area contributed by atoms with Gasteiger partial charge in [-0.15, -0.1) is 0 Å². The summed E-state index contributed by atoms with van der Waals surface area (Å²) in [6, 6.07) is 1.46. The molecule has 1 heterocycles. The molecule has 0 aromatic carbocycles. The van der Waals surface area contributed by atoms with Crippen LogP contribution in [0.2, 0.25) is 0 Å². The van der Waals surface area contributed by atoms with Crippen molar-refractivity contribution >= 4 is 11.9 Å². The third-order valence-corrected chi connectivity index (χ3v) is 1.56. The van der Waals surface area contributed by atoms with Gasteiger partial charge in [-0.3, -0.25) is 9.59 Å². The van der Waals surface area contributed by atoms with Gasteiger partial charge in [-0.05, 0) is 6.92 Å². The summed E-state index contributed by atoms with van der Waals surface area (Å²) in [4.78, 5) is 22.8. The number of aliphatic carboxylic acids is 1. The molecule has 1 rings (SSSR count). The lowest BCUT2D eigenvalue weighted by molar-refractivity contribution is -0.137. The van der Waals surface area contributed by atoms with Crippen molar-refractivity contribution in [3.05, 3.63) is 17.5 Å². The number of amides is 1. The molecule has 0 bridgehead atoms. The monoisotopic (exact) mass is 198 g/mol. The summed E-state index contributed by atoms with van der Waals surface area (Å²) in [5.41, 5.74) is 0.581. The number of carbonyl (C=O) groups excluding carboxylic acids is 1. The van der Waals surface area contributed by atoms with E-state index in [1.54, 1.807) is 6.92 Å². The van der Waals surface area contributed by atoms with E-state index in [1.807, 2.05) is 0 Å². The van der Waals surface area contributed by atoms with E-state index in [4.69, 9.17) is 9.63 Å². The minimum absolute atomic E-state index is 0.0475. The molecule has 0 aliphatic carbocycles. The standard InChI is InChI=1S/C8H10N2O4/c1-5-3-6(14-9-5)8(13)10(2)4-7(11)12/h3H,4H2,1-2H3,(H,11,12). The average Bonchev–Trinajstić information content (AvgIpc) is 2.49. The predicted octanol–water partition coefficient (Wildman–Crippen LogP) is 0.140. The Balaban J connectivity index is 2.70. The summed E-state index contributed by atoms with van der Waals surface area (Å²) in [5.74, 6) is -1.52. The van der Waals surface area contributed by atoms with Crippen LogP contribution in [0.4, 0.5) is 0 Å². The van der Waals surface area contributed by atoms with Crippen molar-refractivity contribution in [1.82, 2.24) is 10.1 Å². The van der Waals surface area contributed by atoms with Crippen molar-refractivity contribution in [2.75, 3.05) is 13.6 Å². The Kier molecular flexibility index (Phi) is 2.85. The van der Waals surface area contributed by atoms with Gasteiger partial charge < -0.3 is 14.5 Å². The quantitative estimate of drug-likeness (QED) is 0.746. The van der Waals surface area contributed by atoms with E-state index in [2.05, 4.69) is 5.16 Å². The first-order valence-corrected chi connectivity index (χ1v) is 3.91. The van der Waals surface area contributed by atoms with Gasteiger partial charge in [0.05, 0.1) is 5.69 Å². The van der Waals surface area contributed by atoms with Crippen molar-refractivity contribution in [2.24, 2.45) is 0 Å². The van der Waals surface area contributed by atoms with Crippen molar-refractivity contribution in [3.63, 3.8) is 0 Å². The number of aryl methyl sites for hydroxylation is 1. The number of hydrogen-bond acceptors (Lipinski definition) is 4. The van der Waals surface area contributed by atoms with E-state index in [0.29, 0.717) is 5.69 Å². The fourth-order valence-electron chi connectivity index (χ4n) is 0.927. The summed E-state index contributed by atoms with van der Waals surface area (Å²) >= 11 is 0. The number of likely N-dealkylation sites (N-methyl/N-ethyl adjacent to an activating group) is 1. The van der Waals surface area contributed by atoms with Crippen LogP contribution in [0.25, 0.3) is 0 Å². The first-order chi connectivity index (χ1) is 6.50. The maximum Gasteiger partial charge on any atom is 0.323 e. The van der Waals surface area contributed by atoms with Gasteiger partial charge in [-0.1, -0.05) is 5.16 Å². The molecule has 1 aromatic heterocycles. The van der Waals surface area contributed by atoms with Gasteiger partial charge in [0, 0.05) is 13.1 Å². The van der Waals surface area contributed by atoms with Crippen LogP contribution < -0.4 is 0 Å². The number of carboxylic acid groups (broad SMARTS) is 1. The Labute approximate surface area is 80.1 Å². The zero-order valence-electron chi connectivity index (χ0n) is 7.85. The lowest BCUT2D eigenvalue weighted by atomic mass is 10.3. The molecule has 0 atom stereocenters. The van der Waals surface area contributed by atoms with E-state index in [-0.39, 0.29) is 12.3 Å². The maximum absolute atomic E-state index is 11.4. The Morgan fingerprint density at radius 1 is 1.64 bits per heavy atom. The van der Waals surface area contributed by atoms with Crippen molar-refractivity contribution in [1.29, 1.82) is 0 Å². The fourth-order valence-corrected chi connectivity index (χ4v) is 0.927. The highest BCUT2D eigenvalue weighted by atomic mass is 16.5. The van der Waals surface area contributed by atoms with Gasteiger partial charge in [0.1, 0.15) is 6.54 Å². The Bertz CT molecular complexity index is 358. The molecule has 76 valence electrons. The van der Waals surface area contributed by atoms with E-state index in [9.17, 15) is 9.59 Å². The number of rotatable bonds is 3. The third-order valence-electron chi connectivity index (χ3n) is 1.56. The Hall–Kier alpha value is -1.85. The van der Waals surface area contributed by atoms with Crippen LogP contribution in [-0.2, 0) is 4.79 Å². The summed E-state index contributed by atoms with van der Waals surface area (Å²) in [6.07, 6.45) is 0. The molecule has 0 aliphatic heterocycles. The van der Waals surface area contributed by atoms with Crippen molar-refractivity contribution in [3.8, 4) is 0 Å². The van der Waals surface area contributed by atoms with Gasteiger partial charge in [0.2, 0.25) is 5.76 Å². The molecule has 1 amide bonds. The summed E-state index contributed by atoms with van der Waals surface area (Å²) < 4.78 is 4.69. The number of aromatic nitrogens is 1. The second kappa shape index (κ2) is 3.91. The van der Waals surface area contributed by atoms with Crippen LogP contribution in [0, 0.1) is 6.92 Å². The Morgan fingerprint density at radius 2 is 2.29 bits per heavy atom. The van der Waals surface area contributed by atoms with E-state index in [1.165, 1.54) is 13.1 Å². The number of nitrogens with zero attached hydrogens (tertiary/aromatic N) is 2. The van der Waals surface area contributed by atoms with Gasteiger partial charge >= 0.3 is 5.97 Å². The van der Waals surface area contributed by atoms with Crippen LogP contribution in [0.3, 0.4) is 0 Å². The molecule has 0 aliphatic rings. The van der Waals surface area contributed by atoms with Crippen LogP contribution in [0.1, 0.15) is 16.2 Å².